The van der Waals surface area contributed by atoms with E-state index in [0.29, 0.717) is 5.82 Å². The lowest BCUT2D eigenvalue weighted by atomic mass is 9.88. The van der Waals surface area contributed by atoms with Crippen molar-refractivity contribution < 1.29 is 4.42 Å². The molecule has 0 unspecified atom stereocenters. The Kier molecular flexibility index (Phi) is 19.2. The maximum absolute atomic E-state index is 6.28. The van der Waals surface area contributed by atoms with Gasteiger partial charge in [0.1, 0.15) is 11.2 Å². The van der Waals surface area contributed by atoms with E-state index in [1.807, 2.05) is 72.8 Å². The van der Waals surface area contributed by atoms with E-state index in [1.165, 1.54) is 140 Å². The molecule has 0 radical (unpaired) electrons. The molecule has 0 aliphatic carbocycles. The van der Waals surface area contributed by atoms with Crippen LogP contribution in [0.25, 0.3) is 285 Å². The van der Waals surface area contributed by atoms with Crippen LogP contribution in [-0.4, -0.2) is 29.9 Å². The Morgan fingerprint density at radius 1 is 0.129 bits per heavy atom. The van der Waals surface area contributed by atoms with Gasteiger partial charge >= 0.3 is 0 Å². The fraction of sp³-hybridized carbons (Fsp3) is 0. The highest BCUT2D eigenvalue weighted by Gasteiger charge is 2.25. The molecular weight excluding hydrogens is 1690 g/mol. The zero-order valence-electron chi connectivity index (χ0n) is 75.3. The summed E-state index contributed by atoms with van der Waals surface area (Å²) in [6.07, 6.45) is 0. The Morgan fingerprint density at radius 2 is 0.489 bits per heavy atom. The molecule has 0 spiro atoms. The number of aromatic nitrogens is 6. The number of rotatable bonds is 9. The minimum absolute atomic E-state index is 0.699. The van der Waals surface area contributed by atoms with Gasteiger partial charge in [-0.25, -0.2) is 29.9 Å². The van der Waals surface area contributed by atoms with Gasteiger partial charge < -0.3 is 4.42 Å². The van der Waals surface area contributed by atoms with Crippen LogP contribution in [0.2, 0.25) is 0 Å². The molecular formula is C132H80N6O. The predicted octanol–water partition coefficient (Wildman–Crippen LogP) is 35.6. The molecule has 0 aliphatic rings. The van der Waals surface area contributed by atoms with Crippen LogP contribution in [0.15, 0.2) is 490 Å². The van der Waals surface area contributed by atoms with E-state index in [2.05, 4.69) is 413 Å². The second-order valence-electron chi connectivity index (χ2n) is 36.1. The molecule has 0 fully saturated rings. The molecule has 0 saturated heterocycles. The third kappa shape index (κ3) is 14.0. The summed E-state index contributed by atoms with van der Waals surface area (Å²) >= 11 is 0. The lowest BCUT2D eigenvalue weighted by molar-refractivity contribution is 0.669. The van der Waals surface area contributed by atoms with Crippen LogP contribution < -0.4 is 0 Å². The minimum atomic E-state index is 0.699. The average molecular weight is 1770 g/mol. The molecule has 644 valence electrons. The number of benzene rings is 25. The highest BCUT2D eigenvalue weighted by molar-refractivity contribution is 6.31. The fourth-order valence-corrected chi connectivity index (χ4v) is 21.5. The SMILES string of the molecule is c1ccc(-c2cccc(-c3nc4ccccc4nc3-c3cc4ccc5ccccc5c4c4ccc5ccccc5c34)c2)cc1.c1ccc(-c2nc(-c3cccc4oc5ccccc5c34)c3ccc(-c4ccc5c(ccc6ccc7c8ccccc8ccc7c65)c4)cc3n2)cc1.c1ccc(-c2nc(-c3ccccc3)c3ccc(-c4ccc5c(ccc6ccc7c8ccccc8ccc7c65)c4)cc3n2)cc1. The molecule has 4 aromatic heterocycles. The molecule has 0 atom stereocenters. The van der Waals surface area contributed by atoms with Crippen LogP contribution in [0.3, 0.4) is 0 Å². The van der Waals surface area contributed by atoms with Gasteiger partial charge in [-0.15, -0.1) is 0 Å². The molecule has 0 amide bonds. The molecule has 7 heteroatoms. The van der Waals surface area contributed by atoms with Crippen LogP contribution in [0.5, 0.6) is 0 Å². The third-order valence-electron chi connectivity index (χ3n) is 28.1. The summed E-state index contributed by atoms with van der Waals surface area (Å²) in [5.41, 5.74) is 22.1. The largest absolute Gasteiger partial charge is 0.456 e. The van der Waals surface area contributed by atoms with Crippen molar-refractivity contribution in [1.82, 2.24) is 29.9 Å². The molecule has 0 bridgehead atoms. The number of hydrogen-bond donors (Lipinski definition) is 0. The predicted molar refractivity (Wildman–Crippen MR) is 585 cm³/mol. The maximum atomic E-state index is 6.28. The van der Waals surface area contributed by atoms with Crippen molar-refractivity contribution in [2.24, 2.45) is 0 Å². The van der Waals surface area contributed by atoms with Crippen LogP contribution in [0, 0.1) is 0 Å². The first kappa shape index (κ1) is 80.1. The van der Waals surface area contributed by atoms with Gasteiger partial charge in [0.15, 0.2) is 11.6 Å². The van der Waals surface area contributed by atoms with E-state index in [0.717, 1.165) is 139 Å². The normalized spacial score (nSPS) is 11.7. The third-order valence-corrected chi connectivity index (χ3v) is 28.1. The van der Waals surface area contributed by atoms with Gasteiger partial charge in [0.2, 0.25) is 0 Å². The van der Waals surface area contributed by atoms with Crippen LogP contribution in [0.4, 0.5) is 0 Å². The van der Waals surface area contributed by atoms with E-state index < -0.39 is 0 Å². The second kappa shape index (κ2) is 33.3. The van der Waals surface area contributed by atoms with E-state index in [1.54, 1.807) is 0 Å². The molecule has 0 aliphatic heterocycles. The molecule has 139 heavy (non-hydrogen) atoms. The molecule has 7 nitrogen and oxygen atoms in total. The quantitative estimate of drug-likeness (QED) is 0.133. The van der Waals surface area contributed by atoms with Crippen molar-refractivity contribution in [2.75, 3.05) is 0 Å². The smallest absolute Gasteiger partial charge is 0.160 e. The Labute approximate surface area is 799 Å². The summed E-state index contributed by atoms with van der Waals surface area (Å²) in [5.74, 6) is 1.43. The summed E-state index contributed by atoms with van der Waals surface area (Å²) in [6, 6.07) is 173. The van der Waals surface area contributed by atoms with Crippen molar-refractivity contribution in [1.29, 1.82) is 0 Å². The van der Waals surface area contributed by atoms with Gasteiger partial charge in [-0.05, 0) is 235 Å². The van der Waals surface area contributed by atoms with Gasteiger partial charge in [-0.2, -0.15) is 0 Å². The molecule has 29 aromatic rings. The summed E-state index contributed by atoms with van der Waals surface area (Å²) in [4.78, 5) is 31.2. The molecule has 0 N–H and O–H groups in total. The molecule has 25 aromatic carbocycles. The Morgan fingerprint density at radius 3 is 1.06 bits per heavy atom. The Hall–Kier alpha value is -18.6. The number of furan rings is 1. The zero-order chi connectivity index (χ0) is 91.5. The lowest BCUT2D eigenvalue weighted by Gasteiger charge is -2.17. The van der Waals surface area contributed by atoms with Crippen molar-refractivity contribution in [3.05, 3.63) is 485 Å². The van der Waals surface area contributed by atoms with Gasteiger partial charge in [0, 0.05) is 54.9 Å². The summed E-state index contributed by atoms with van der Waals surface area (Å²) in [5, 5.41) is 34.4. The van der Waals surface area contributed by atoms with Crippen LogP contribution in [-0.2, 0) is 0 Å². The highest BCUT2D eigenvalue weighted by atomic mass is 16.3. The first-order valence-electron chi connectivity index (χ1n) is 47.3. The maximum Gasteiger partial charge on any atom is 0.160 e. The van der Waals surface area contributed by atoms with Crippen molar-refractivity contribution >= 4 is 184 Å². The van der Waals surface area contributed by atoms with Gasteiger partial charge in [-0.1, -0.05) is 413 Å². The van der Waals surface area contributed by atoms with E-state index in [-0.39, 0.29) is 0 Å². The van der Waals surface area contributed by atoms with E-state index in [9.17, 15) is 0 Å². The topological polar surface area (TPSA) is 90.5 Å². The van der Waals surface area contributed by atoms with Crippen molar-refractivity contribution in [3.63, 3.8) is 0 Å². The molecule has 4 heterocycles. The van der Waals surface area contributed by atoms with E-state index in [4.69, 9.17) is 34.3 Å². The Balaban J connectivity index is 0.000000105. The molecule has 29 rings (SSSR count). The van der Waals surface area contributed by atoms with Crippen LogP contribution >= 0.6 is 0 Å². The summed E-state index contributed by atoms with van der Waals surface area (Å²) < 4.78 is 6.28. The van der Waals surface area contributed by atoms with Crippen molar-refractivity contribution in [2.45, 2.75) is 0 Å². The summed E-state index contributed by atoms with van der Waals surface area (Å²) in [6.45, 7) is 0. The second-order valence-corrected chi connectivity index (χ2v) is 36.1. The standard InChI is InChI=1S/C48H28N2O.2C42H26N2/c1-2-10-31(11-3-1)48-49-42-28-33(22-26-39(42)47(50-48)41-14-8-16-44-46(41)40-13-6-7-15-43(40)51-44)32-21-23-36-34(27-32)18-17-30-20-24-37-35-12-5-4-9-29(35)19-25-38(37)45(30)36;1-3-10-29(11-4-1)41-38-24-20-32(26-39(38)43-42(44-41)30-12-5-2-6-13-30)31-19-21-35-33(25-31)16-15-28-18-22-36-34-14-8-7-9-27(34)17-23-37(36)40(28)35;1-2-11-27(12-3-1)30-15-10-16-32(25-30)41-42(44-38-20-9-8-19-37(38)43-41)36-26-31-22-21-28-13-4-6-17-33(28)39(31)35-24-23-29-14-5-7-18-34(29)40(35)36/h1-28H;2*1-26H. The average Bonchev–Trinajstić information content (AvgIpc) is 1.35. The lowest BCUT2D eigenvalue weighted by Crippen LogP contribution is -1.97. The van der Waals surface area contributed by atoms with Crippen LogP contribution in [0.1, 0.15) is 0 Å². The fourth-order valence-electron chi connectivity index (χ4n) is 21.5. The minimum Gasteiger partial charge on any atom is -0.456 e. The zero-order valence-corrected chi connectivity index (χ0v) is 75.3. The first-order chi connectivity index (χ1) is 68.9. The number of hydrogen-bond acceptors (Lipinski definition) is 7. The number of para-hydroxylation sites is 3. The number of nitrogens with zero attached hydrogens (tertiary/aromatic N) is 6. The van der Waals surface area contributed by atoms with Gasteiger partial charge in [0.05, 0.1) is 44.8 Å². The number of fused-ring (bicyclic) bond motifs is 27. The summed E-state index contributed by atoms with van der Waals surface area (Å²) in [7, 11) is 0. The monoisotopic (exact) mass is 1760 g/mol. The first-order valence-corrected chi connectivity index (χ1v) is 47.3. The van der Waals surface area contributed by atoms with Gasteiger partial charge in [-0.3, -0.25) is 0 Å². The Bertz CT molecular complexity index is 10100. The van der Waals surface area contributed by atoms with Gasteiger partial charge in [0.25, 0.3) is 0 Å². The van der Waals surface area contributed by atoms with Crippen molar-refractivity contribution in [3.8, 4) is 101 Å². The van der Waals surface area contributed by atoms with E-state index >= 15 is 0 Å². The highest BCUT2D eigenvalue weighted by Crippen LogP contribution is 2.48. The molecule has 0 saturated carbocycles.